The molecule has 0 unspecified atom stereocenters. The minimum atomic E-state index is 0.903. The molecule has 2 aromatic heterocycles. The van der Waals surface area contributed by atoms with E-state index in [4.69, 9.17) is 0 Å². The zero-order chi connectivity index (χ0) is 13.0. The molecule has 2 rings (SSSR count). The topological polar surface area (TPSA) is 50.7 Å². The molecule has 0 spiro atoms. The van der Waals surface area contributed by atoms with E-state index in [1.54, 1.807) is 22.7 Å². The van der Waals surface area contributed by atoms with E-state index in [0.29, 0.717) is 0 Å². The van der Waals surface area contributed by atoms with Crippen LogP contribution in [0.4, 0.5) is 5.13 Å². The van der Waals surface area contributed by atoms with Gasteiger partial charge in [0.2, 0.25) is 5.13 Å². The van der Waals surface area contributed by atoms with Crippen LogP contribution in [0.3, 0.4) is 0 Å². The van der Waals surface area contributed by atoms with Crippen molar-refractivity contribution in [1.82, 2.24) is 15.2 Å². The number of rotatable bonds is 6. The highest BCUT2D eigenvalue weighted by Crippen LogP contribution is 2.34. The lowest BCUT2D eigenvalue weighted by Gasteiger charge is -1.96. The molecule has 0 saturated carbocycles. The second kappa shape index (κ2) is 6.24. The molecule has 0 fully saturated rings. The highest BCUT2D eigenvalue weighted by Gasteiger charge is 2.15. The lowest BCUT2D eigenvalue weighted by atomic mass is 10.2. The Balaban J connectivity index is 2.22. The summed E-state index contributed by atoms with van der Waals surface area (Å²) in [4.78, 5) is 5.78. The minimum absolute atomic E-state index is 0.903. The van der Waals surface area contributed by atoms with Crippen LogP contribution < -0.4 is 5.32 Å². The van der Waals surface area contributed by atoms with E-state index in [-0.39, 0.29) is 0 Å². The molecular formula is C12H18N4S2. The molecule has 6 heteroatoms. The molecule has 2 aromatic rings. The molecule has 0 amide bonds. The van der Waals surface area contributed by atoms with Crippen LogP contribution in [0.1, 0.15) is 37.4 Å². The average Bonchev–Trinajstić information content (AvgIpc) is 2.94. The summed E-state index contributed by atoms with van der Waals surface area (Å²) in [5.74, 6) is 0. The molecule has 0 atom stereocenters. The van der Waals surface area contributed by atoms with Gasteiger partial charge in [-0.1, -0.05) is 31.6 Å². The molecule has 98 valence electrons. The summed E-state index contributed by atoms with van der Waals surface area (Å²) in [6.45, 7) is 7.30. The molecule has 0 bridgehead atoms. The quantitative estimate of drug-likeness (QED) is 0.876. The first-order valence-corrected chi connectivity index (χ1v) is 7.92. The maximum absolute atomic E-state index is 4.59. The number of nitrogens with one attached hydrogen (secondary N) is 1. The number of thiazole rings is 1. The smallest absolute Gasteiger partial charge is 0.206 e. The monoisotopic (exact) mass is 282 g/mol. The van der Waals surface area contributed by atoms with Crippen LogP contribution >= 0.6 is 22.7 Å². The second-order valence-corrected chi connectivity index (χ2v) is 6.28. The largest absolute Gasteiger partial charge is 0.360 e. The Hall–Kier alpha value is -1.01. The third-order valence-electron chi connectivity index (χ3n) is 2.44. The molecule has 0 aliphatic rings. The number of nitrogens with zero attached hydrogens (tertiary/aromatic N) is 3. The third-order valence-corrected chi connectivity index (χ3v) is 4.48. The third kappa shape index (κ3) is 3.05. The van der Waals surface area contributed by atoms with E-state index >= 15 is 0 Å². The zero-order valence-corrected chi connectivity index (χ0v) is 12.6. The van der Waals surface area contributed by atoms with E-state index in [9.17, 15) is 0 Å². The maximum Gasteiger partial charge on any atom is 0.206 e. The van der Waals surface area contributed by atoms with Gasteiger partial charge in [-0.2, -0.15) is 0 Å². The number of aromatic nitrogens is 3. The zero-order valence-electron chi connectivity index (χ0n) is 11.0. The Kier molecular flexibility index (Phi) is 4.66. The highest BCUT2D eigenvalue weighted by molar-refractivity contribution is 7.23. The number of aryl methyl sites for hydroxylation is 2. The van der Waals surface area contributed by atoms with Crippen molar-refractivity contribution in [1.29, 1.82) is 0 Å². The summed E-state index contributed by atoms with van der Waals surface area (Å²) in [5, 5.41) is 14.7. The van der Waals surface area contributed by atoms with Crippen molar-refractivity contribution in [3.63, 3.8) is 0 Å². The van der Waals surface area contributed by atoms with Gasteiger partial charge < -0.3 is 5.32 Å². The molecule has 0 aliphatic heterocycles. The van der Waals surface area contributed by atoms with E-state index in [1.165, 1.54) is 4.88 Å². The van der Waals surface area contributed by atoms with E-state index in [1.807, 2.05) is 6.92 Å². The van der Waals surface area contributed by atoms with Crippen LogP contribution in [-0.4, -0.2) is 21.7 Å². The van der Waals surface area contributed by atoms with Gasteiger partial charge in [0.1, 0.15) is 0 Å². The summed E-state index contributed by atoms with van der Waals surface area (Å²) in [5.41, 5.74) is 1.16. The normalized spacial score (nSPS) is 10.8. The van der Waals surface area contributed by atoms with Crippen LogP contribution in [0, 0.1) is 6.92 Å². The Morgan fingerprint density at radius 3 is 2.67 bits per heavy atom. The predicted octanol–water partition coefficient (Wildman–Crippen LogP) is 3.74. The SMILES string of the molecule is CCCNc1nnc(-c2sc(C)nc2CCC)s1. The van der Waals surface area contributed by atoms with Crippen LogP contribution in [0.25, 0.3) is 9.88 Å². The van der Waals surface area contributed by atoms with Gasteiger partial charge in [-0.25, -0.2) is 4.98 Å². The van der Waals surface area contributed by atoms with Crippen LogP contribution in [0.5, 0.6) is 0 Å². The minimum Gasteiger partial charge on any atom is -0.360 e. The van der Waals surface area contributed by atoms with Gasteiger partial charge in [0.15, 0.2) is 5.01 Å². The van der Waals surface area contributed by atoms with Gasteiger partial charge in [0.25, 0.3) is 0 Å². The van der Waals surface area contributed by atoms with Gasteiger partial charge in [-0.05, 0) is 19.8 Å². The van der Waals surface area contributed by atoms with Crippen LogP contribution in [0.15, 0.2) is 0 Å². The summed E-state index contributed by atoms with van der Waals surface area (Å²) >= 11 is 3.33. The molecular weight excluding hydrogens is 264 g/mol. The molecule has 2 heterocycles. The van der Waals surface area contributed by atoms with E-state index in [2.05, 4.69) is 34.3 Å². The van der Waals surface area contributed by atoms with Crippen molar-refractivity contribution >= 4 is 27.8 Å². The fourth-order valence-electron chi connectivity index (χ4n) is 1.66. The summed E-state index contributed by atoms with van der Waals surface area (Å²) in [6, 6.07) is 0. The van der Waals surface area contributed by atoms with E-state index in [0.717, 1.165) is 46.6 Å². The van der Waals surface area contributed by atoms with Crippen molar-refractivity contribution in [2.45, 2.75) is 40.0 Å². The lowest BCUT2D eigenvalue weighted by Crippen LogP contribution is -1.98. The summed E-state index contributed by atoms with van der Waals surface area (Å²) in [6.07, 6.45) is 3.21. The summed E-state index contributed by atoms with van der Waals surface area (Å²) < 4.78 is 0. The van der Waals surface area contributed by atoms with Crippen LogP contribution in [-0.2, 0) is 6.42 Å². The molecule has 0 radical (unpaired) electrons. The van der Waals surface area contributed by atoms with Gasteiger partial charge in [-0.3, -0.25) is 0 Å². The van der Waals surface area contributed by atoms with Gasteiger partial charge >= 0.3 is 0 Å². The molecule has 18 heavy (non-hydrogen) atoms. The Morgan fingerprint density at radius 2 is 1.94 bits per heavy atom. The highest BCUT2D eigenvalue weighted by atomic mass is 32.1. The van der Waals surface area contributed by atoms with Crippen molar-refractivity contribution in [3.8, 4) is 9.88 Å². The van der Waals surface area contributed by atoms with Crippen molar-refractivity contribution in [2.24, 2.45) is 0 Å². The number of hydrogen-bond acceptors (Lipinski definition) is 6. The van der Waals surface area contributed by atoms with Crippen molar-refractivity contribution < 1.29 is 0 Å². The fourth-order valence-corrected chi connectivity index (χ4v) is 3.49. The molecule has 1 N–H and O–H groups in total. The molecule has 0 aliphatic carbocycles. The van der Waals surface area contributed by atoms with Crippen molar-refractivity contribution in [3.05, 3.63) is 10.7 Å². The predicted molar refractivity (Wildman–Crippen MR) is 78.5 cm³/mol. The molecule has 0 saturated heterocycles. The first kappa shape index (κ1) is 13.4. The van der Waals surface area contributed by atoms with Crippen LogP contribution in [0.2, 0.25) is 0 Å². The molecule has 4 nitrogen and oxygen atoms in total. The van der Waals surface area contributed by atoms with Crippen molar-refractivity contribution in [2.75, 3.05) is 11.9 Å². The Bertz CT molecular complexity index is 504. The average molecular weight is 282 g/mol. The standard InChI is InChI=1S/C12H18N4S2/c1-4-6-9-10(17-8(3)14-9)11-15-16-12(18-11)13-7-5-2/h4-7H2,1-3H3,(H,13,16). The second-order valence-electron chi connectivity index (χ2n) is 4.10. The number of anilines is 1. The first-order valence-electron chi connectivity index (χ1n) is 6.28. The van der Waals surface area contributed by atoms with E-state index < -0.39 is 0 Å². The fraction of sp³-hybridized carbons (Fsp3) is 0.583. The number of hydrogen-bond donors (Lipinski definition) is 1. The first-order chi connectivity index (χ1) is 8.74. The Morgan fingerprint density at radius 1 is 1.11 bits per heavy atom. The van der Waals surface area contributed by atoms with Gasteiger partial charge in [0, 0.05) is 6.54 Å². The van der Waals surface area contributed by atoms with Gasteiger partial charge in [-0.15, -0.1) is 21.5 Å². The van der Waals surface area contributed by atoms with Gasteiger partial charge in [0.05, 0.1) is 15.6 Å². The maximum atomic E-state index is 4.59. The molecule has 0 aromatic carbocycles. The Labute approximate surface area is 116 Å². The lowest BCUT2D eigenvalue weighted by molar-refractivity contribution is 0.888. The summed E-state index contributed by atoms with van der Waals surface area (Å²) in [7, 11) is 0.